The van der Waals surface area contributed by atoms with Gasteiger partial charge in [-0.25, -0.2) is 8.42 Å². The third kappa shape index (κ3) is 6.32. The van der Waals surface area contributed by atoms with Crippen LogP contribution in [0, 0.1) is 5.92 Å². The van der Waals surface area contributed by atoms with E-state index in [0.29, 0.717) is 38.5 Å². The van der Waals surface area contributed by atoms with Gasteiger partial charge in [0.1, 0.15) is 0 Å². The quantitative estimate of drug-likeness (QED) is 0.665. The molecule has 2 atom stereocenters. The van der Waals surface area contributed by atoms with Crippen LogP contribution in [0.25, 0.3) is 0 Å². The van der Waals surface area contributed by atoms with Crippen LogP contribution in [-0.4, -0.2) is 63.6 Å². The number of hydrogen-bond donors (Lipinski definition) is 1. The van der Waals surface area contributed by atoms with E-state index in [1.165, 1.54) is 0 Å². The molecule has 1 rings (SSSR count). The summed E-state index contributed by atoms with van der Waals surface area (Å²) in [5.74, 6) is 0.701. The number of nitrogens with zero attached hydrogens (tertiary/aromatic N) is 1. The summed E-state index contributed by atoms with van der Waals surface area (Å²) >= 11 is 0. The second-order valence-corrected chi connectivity index (χ2v) is 8.09. The molecule has 1 aliphatic rings. The summed E-state index contributed by atoms with van der Waals surface area (Å²) in [6.07, 6.45) is 2.68. The molecule has 1 aliphatic heterocycles. The zero-order valence-electron chi connectivity index (χ0n) is 13.1. The number of nitrogens with two attached hydrogens (primary N) is 1. The molecule has 1 saturated heterocycles. The van der Waals surface area contributed by atoms with Crippen molar-refractivity contribution in [3.8, 4) is 0 Å². The molecule has 124 valence electrons. The summed E-state index contributed by atoms with van der Waals surface area (Å²) in [7, 11) is -1.41. The highest BCUT2D eigenvalue weighted by molar-refractivity contribution is 7.91. The van der Waals surface area contributed by atoms with Gasteiger partial charge in [0, 0.05) is 26.1 Å². The van der Waals surface area contributed by atoms with Crippen molar-refractivity contribution in [2.45, 2.75) is 38.6 Å². The molecule has 0 aromatic rings. The van der Waals surface area contributed by atoms with E-state index in [1.807, 2.05) is 0 Å². The van der Waals surface area contributed by atoms with Gasteiger partial charge in [0.25, 0.3) is 0 Å². The van der Waals surface area contributed by atoms with Gasteiger partial charge in [-0.3, -0.25) is 4.79 Å². The Morgan fingerprint density at radius 3 is 2.67 bits per heavy atom. The average molecular weight is 320 g/mol. The Hall–Kier alpha value is -0.660. The SMILES string of the molecule is COCCN(C(=O)CCC(C)CCN)C1CCS(=O)(=O)C1. The van der Waals surface area contributed by atoms with E-state index in [2.05, 4.69) is 6.92 Å². The molecule has 21 heavy (non-hydrogen) atoms. The van der Waals surface area contributed by atoms with Gasteiger partial charge in [-0.15, -0.1) is 0 Å². The lowest BCUT2D eigenvalue weighted by atomic mass is 10.0. The van der Waals surface area contributed by atoms with Gasteiger partial charge in [0.15, 0.2) is 9.84 Å². The highest BCUT2D eigenvalue weighted by Gasteiger charge is 2.34. The summed E-state index contributed by atoms with van der Waals surface area (Å²) in [5.41, 5.74) is 5.51. The fraction of sp³-hybridized carbons (Fsp3) is 0.929. The molecule has 0 bridgehead atoms. The number of rotatable bonds is 9. The van der Waals surface area contributed by atoms with Crippen molar-refractivity contribution in [3.05, 3.63) is 0 Å². The van der Waals surface area contributed by atoms with Gasteiger partial charge >= 0.3 is 0 Å². The molecule has 7 heteroatoms. The van der Waals surface area contributed by atoms with Gasteiger partial charge in [-0.05, 0) is 31.7 Å². The molecular formula is C14H28N2O4S. The normalized spacial score (nSPS) is 22.1. The third-order valence-electron chi connectivity index (χ3n) is 4.02. The first-order chi connectivity index (χ1) is 9.89. The maximum Gasteiger partial charge on any atom is 0.222 e. The lowest BCUT2D eigenvalue weighted by molar-refractivity contribution is -0.134. The topological polar surface area (TPSA) is 89.7 Å². The minimum atomic E-state index is -2.99. The van der Waals surface area contributed by atoms with Gasteiger partial charge in [0.2, 0.25) is 5.91 Å². The van der Waals surface area contributed by atoms with Crippen LogP contribution in [0.4, 0.5) is 0 Å². The summed E-state index contributed by atoms with van der Waals surface area (Å²) < 4.78 is 28.3. The number of amides is 1. The molecule has 2 unspecified atom stereocenters. The van der Waals surface area contributed by atoms with Crippen LogP contribution in [0.3, 0.4) is 0 Å². The largest absolute Gasteiger partial charge is 0.383 e. The lowest BCUT2D eigenvalue weighted by Crippen LogP contribution is -2.43. The van der Waals surface area contributed by atoms with Crippen molar-refractivity contribution in [3.63, 3.8) is 0 Å². The molecule has 1 amide bonds. The summed E-state index contributed by atoms with van der Waals surface area (Å²) in [4.78, 5) is 14.1. The molecule has 0 aromatic carbocycles. The monoisotopic (exact) mass is 320 g/mol. The number of sulfone groups is 1. The number of carbonyl (C=O) groups is 1. The average Bonchev–Trinajstić information content (AvgIpc) is 2.77. The Labute approximate surface area is 127 Å². The summed E-state index contributed by atoms with van der Waals surface area (Å²) in [6, 6.07) is -0.192. The maximum atomic E-state index is 12.4. The van der Waals surface area contributed by atoms with E-state index in [-0.39, 0.29) is 23.5 Å². The predicted octanol–water partition coefficient (Wildman–Crippen LogP) is 0.414. The van der Waals surface area contributed by atoms with Crippen molar-refractivity contribution >= 4 is 15.7 Å². The van der Waals surface area contributed by atoms with Crippen LogP contribution in [-0.2, 0) is 19.4 Å². The van der Waals surface area contributed by atoms with Crippen LogP contribution in [0.1, 0.15) is 32.6 Å². The highest BCUT2D eigenvalue weighted by atomic mass is 32.2. The van der Waals surface area contributed by atoms with E-state index in [0.717, 1.165) is 12.8 Å². The number of carbonyl (C=O) groups excluding carboxylic acids is 1. The van der Waals surface area contributed by atoms with E-state index in [1.54, 1.807) is 12.0 Å². The molecule has 1 fully saturated rings. The zero-order valence-corrected chi connectivity index (χ0v) is 13.9. The molecular weight excluding hydrogens is 292 g/mol. The van der Waals surface area contributed by atoms with Gasteiger partial charge < -0.3 is 15.4 Å². The van der Waals surface area contributed by atoms with E-state index >= 15 is 0 Å². The molecule has 0 saturated carbocycles. The first-order valence-corrected chi connectivity index (χ1v) is 9.40. The fourth-order valence-electron chi connectivity index (χ4n) is 2.66. The lowest BCUT2D eigenvalue weighted by Gasteiger charge is -2.28. The molecule has 2 N–H and O–H groups in total. The van der Waals surface area contributed by atoms with Crippen LogP contribution in [0.2, 0.25) is 0 Å². The second kappa shape index (κ2) is 8.70. The van der Waals surface area contributed by atoms with Crippen molar-refractivity contribution < 1.29 is 17.9 Å². The standard InChI is InChI=1S/C14H28N2O4S/c1-12(5-7-15)3-4-14(17)16(8-9-20-2)13-6-10-21(18,19)11-13/h12-13H,3-11,15H2,1-2H3. The Kier molecular flexibility index (Phi) is 7.62. The zero-order chi connectivity index (χ0) is 15.9. The number of hydrogen-bond acceptors (Lipinski definition) is 5. The highest BCUT2D eigenvalue weighted by Crippen LogP contribution is 2.20. The van der Waals surface area contributed by atoms with E-state index in [4.69, 9.17) is 10.5 Å². The smallest absolute Gasteiger partial charge is 0.222 e. The van der Waals surface area contributed by atoms with Gasteiger partial charge in [0.05, 0.1) is 18.1 Å². The van der Waals surface area contributed by atoms with Crippen molar-refractivity contribution in [1.82, 2.24) is 4.90 Å². The van der Waals surface area contributed by atoms with Gasteiger partial charge in [-0.1, -0.05) is 6.92 Å². The molecule has 0 radical (unpaired) electrons. The second-order valence-electron chi connectivity index (χ2n) is 5.86. The van der Waals surface area contributed by atoms with Crippen molar-refractivity contribution in [2.75, 3.05) is 38.3 Å². The first-order valence-electron chi connectivity index (χ1n) is 7.58. The Morgan fingerprint density at radius 2 is 2.14 bits per heavy atom. The number of methoxy groups -OCH3 is 1. The number of ether oxygens (including phenoxy) is 1. The van der Waals surface area contributed by atoms with Crippen LogP contribution < -0.4 is 5.73 Å². The van der Waals surface area contributed by atoms with Gasteiger partial charge in [-0.2, -0.15) is 0 Å². The van der Waals surface area contributed by atoms with E-state index < -0.39 is 9.84 Å². The maximum absolute atomic E-state index is 12.4. The minimum absolute atomic E-state index is 0.0259. The molecule has 6 nitrogen and oxygen atoms in total. The van der Waals surface area contributed by atoms with Crippen LogP contribution >= 0.6 is 0 Å². The fourth-order valence-corrected chi connectivity index (χ4v) is 4.39. The first kappa shape index (κ1) is 18.4. The Morgan fingerprint density at radius 1 is 1.43 bits per heavy atom. The molecule has 0 aromatic heterocycles. The summed E-state index contributed by atoms with van der Waals surface area (Å²) in [6.45, 7) is 3.60. The van der Waals surface area contributed by atoms with Crippen LogP contribution in [0.15, 0.2) is 0 Å². The predicted molar refractivity (Wildman–Crippen MR) is 82.7 cm³/mol. The van der Waals surface area contributed by atoms with Crippen LogP contribution in [0.5, 0.6) is 0 Å². The Bertz CT molecular complexity index is 425. The van der Waals surface area contributed by atoms with Crippen molar-refractivity contribution in [2.24, 2.45) is 11.7 Å². The molecule has 0 spiro atoms. The minimum Gasteiger partial charge on any atom is -0.383 e. The Balaban J connectivity index is 2.58. The molecule has 0 aliphatic carbocycles. The van der Waals surface area contributed by atoms with Crippen molar-refractivity contribution in [1.29, 1.82) is 0 Å². The third-order valence-corrected chi connectivity index (χ3v) is 5.77. The summed E-state index contributed by atoms with van der Waals surface area (Å²) in [5, 5.41) is 0. The molecule has 1 heterocycles. The van der Waals surface area contributed by atoms with E-state index in [9.17, 15) is 13.2 Å².